The fourth-order valence-corrected chi connectivity index (χ4v) is 4.88. The number of nitro benzene ring substituents is 1. The number of non-ortho nitro benzene ring substituents is 1. The van der Waals surface area contributed by atoms with Crippen LogP contribution in [-0.2, 0) is 15.3 Å². The molecule has 0 saturated heterocycles. The first kappa shape index (κ1) is 25.0. The second-order valence-corrected chi connectivity index (χ2v) is 8.87. The normalized spacial score (nSPS) is 14.6. The fraction of sp³-hybridized carbons (Fsp3) is 0.240. The van der Waals surface area contributed by atoms with Crippen LogP contribution in [0.3, 0.4) is 0 Å². The predicted molar refractivity (Wildman–Crippen MR) is 135 cm³/mol. The van der Waals surface area contributed by atoms with Crippen LogP contribution in [0.5, 0.6) is 5.75 Å². The molecule has 0 radical (unpaired) electrons. The van der Waals surface area contributed by atoms with Gasteiger partial charge in [-0.05, 0) is 25.5 Å². The molecule has 1 unspecified atom stereocenters. The molecule has 1 atom stereocenters. The van der Waals surface area contributed by atoms with Gasteiger partial charge in [0.05, 0.1) is 35.7 Å². The molecule has 10 nitrogen and oxygen atoms in total. The molecule has 36 heavy (non-hydrogen) atoms. The Hall–Kier alpha value is -4.12. The molecule has 0 spiro atoms. The van der Waals surface area contributed by atoms with Crippen molar-refractivity contribution in [2.24, 2.45) is 0 Å². The van der Waals surface area contributed by atoms with Gasteiger partial charge in [0.2, 0.25) is 0 Å². The van der Waals surface area contributed by atoms with Gasteiger partial charge in [-0.2, -0.15) is 0 Å². The summed E-state index contributed by atoms with van der Waals surface area (Å²) in [5.41, 5.74) is 2.22. The van der Waals surface area contributed by atoms with Gasteiger partial charge in [0, 0.05) is 29.1 Å². The molecule has 1 aliphatic rings. The van der Waals surface area contributed by atoms with Gasteiger partial charge in [0.25, 0.3) is 11.2 Å². The summed E-state index contributed by atoms with van der Waals surface area (Å²) in [6, 6.07) is 13.4. The van der Waals surface area contributed by atoms with Crippen LogP contribution in [0.15, 0.2) is 69.8 Å². The number of aromatic nitrogens is 2. The highest BCUT2D eigenvalue weighted by molar-refractivity contribution is 7.98. The number of aromatic amines is 1. The summed E-state index contributed by atoms with van der Waals surface area (Å²) >= 11 is 1.29. The van der Waals surface area contributed by atoms with Gasteiger partial charge in [-0.25, -0.2) is 9.78 Å². The first-order chi connectivity index (χ1) is 17.3. The number of anilines is 1. The average molecular weight is 509 g/mol. The summed E-state index contributed by atoms with van der Waals surface area (Å²) in [4.78, 5) is 44.2. The monoisotopic (exact) mass is 508 g/mol. The van der Waals surface area contributed by atoms with Crippen LogP contribution in [0, 0.1) is 10.1 Å². The van der Waals surface area contributed by atoms with E-state index in [1.165, 1.54) is 31.0 Å². The molecule has 0 bridgehead atoms. The van der Waals surface area contributed by atoms with E-state index < -0.39 is 22.4 Å². The number of thioether (sulfide) groups is 1. The molecule has 11 heteroatoms. The van der Waals surface area contributed by atoms with E-state index in [4.69, 9.17) is 9.47 Å². The molecular formula is C25H24N4O6S. The van der Waals surface area contributed by atoms with Crippen molar-refractivity contribution in [1.29, 1.82) is 0 Å². The largest absolute Gasteiger partial charge is 0.496 e. The number of para-hydroxylation sites is 1. The van der Waals surface area contributed by atoms with E-state index in [1.807, 2.05) is 18.2 Å². The number of methoxy groups -OCH3 is 1. The quantitative estimate of drug-likeness (QED) is 0.149. The molecule has 0 amide bonds. The lowest BCUT2D eigenvalue weighted by molar-refractivity contribution is -0.384. The molecule has 2 aromatic carbocycles. The number of carbonyl (C=O) groups excluding carboxylic acids is 1. The topological polar surface area (TPSA) is 136 Å². The van der Waals surface area contributed by atoms with Gasteiger partial charge in [-0.15, -0.1) is 0 Å². The number of hydrogen-bond acceptors (Lipinski definition) is 9. The maximum atomic E-state index is 13.4. The molecule has 1 aliphatic heterocycles. The molecule has 0 aliphatic carbocycles. The van der Waals surface area contributed by atoms with Crippen molar-refractivity contribution in [3.8, 4) is 5.75 Å². The molecule has 0 saturated carbocycles. The number of hydrogen-bond donors (Lipinski definition) is 2. The first-order valence-corrected chi connectivity index (χ1v) is 12.1. The number of rotatable bonds is 8. The van der Waals surface area contributed by atoms with Crippen molar-refractivity contribution in [2.75, 3.05) is 19.0 Å². The maximum Gasteiger partial charge on any atom is 0.336 e. The average Bonchev–Trinajstić information content (AvgIpc) is 2.86. The minimum Gasteiger partial charge on any atom is -0.496 e. The lowest BCUT2D eigenvalue weighted by Crippen LogP contribution is -2.31. The molecule has 4 rings (SSSR count). The van der Waals surface area contributed by atoms with Gasteiger partial charge < -0.3 is 19.8 Å². The third-order valence-corrected chi connectivity index (χ3v) is 6.63. The Bertz CT molecular complexity index is 1400. The van der Waals surface area contributed by atoms with E-state index >= 15 is 0 Å². The summed E-state index contributed by atoms with van der Waals surface area (Å²) in [5.74, 6) is 0.0346. The molecule has 2 N–H and O–H groups in total. The van der Waals surface area contributed by atoms with Crippen LogP contribution < -0.4 is 15.6 Å². The number of H-pyrrole nitrogens is 1. The number of ether oxygens (including phenoxy) is 2. The number of fused-ring (bicyclic) bond motifs is 1. The number of allylic oxidation sites excluding steroid dienone is 1. The summed E-state index contributed by atoms with van der Waals surface area (Å²) in [5, 5.41) is 14.3. The van der Waals surface area contributed by atoms with Crippen molar-refractivity contribution in [1.82, 2.24) is 9.97 Å². The van der Waals surface area contributed by atoms with Crippen LogP contribution in [-0.4, -0.2) is 34.6 Å². The SMILES string of the molecule is CCOC(=O)C1=C(C)Nc2nc(SCc3ccc([N+](=O)[O-])cc3)[nH]c(=O)c2C1c1ccccc1OC. The Morgan fingerprint density at radius 3 is 2.58 bits per heavy atom. The van der Waals surface area contributed by atoms with Gasteiger partial charge in [-0.1, -0.05) is 42.1 Å². The highest BCUT2D eigenvalue weighted by Gasteiger charge is 2.37. The van der Waals surface area contributed by atoms with E-state index in [0.29, 0.717) is 39.3 Å². The number of nitrogens with zero attached hydrogens (tertiary/aromatic N) is 2. The second-order valence-electron chi connectivity index (χ2n) is 7.90. The van der Waals surface area contributed by atoms with Crippen molar-refractivity contribution in [3.63, 3.8) is 0 Å². The van der Waals surface area contributed by atoms with E-state index in [9.17, 15) is 19.7 Å². The highest BCUT2D eigenvalue weighted by Crippen LogP contribution is 2.43. The van der Waals surface area contributed by atoms with Gasteiger partial charge >= 0.3 is 5.97 Å². The Balaban J connectivity index is 1.73. The number of benzene rings is 2. The molecule has 3 aromatic rings. The molecule has 0 fully saturated rings. The zero-order valence-corrected chi connectivity index (χ0v) is 20.7. The summed E-state index contributed by atoms with van der Waals surface area (Å²) in [7, 11) is 1.53. The predicted octanol–water partition coefficient (Wildman–Crippen LogP) is 4.37. The van der Waals surface area contributed by atoms with Crippen LogP contribution in [0.4, 0.5) is 11.5 Å². The molecular weight excluding hydrogens is 484 g/mol. The standard InChI is InChI=1S/C25H24N4O6S/c1-4-35-24(31)19-14(2)26-22-21(20(19)17-7-5-6-8-18(17)34-3)23(30)28-25(27-22)36-13-15-9-11-16(12-10-15)29(32)33/h5-12,20H,4,13H2,1-3H3,(H2,26,27,28,30). The van der Waals surface area contributed by atoms with Crippen molar-refractivity contribution in [3.05, 3.63) is 97.0 Å². The molecule has 1 aromatic heterocycles. The highest BCUT2D eigenvalue weighted by atomic mass is 32.2. The van der Waals surface area contributed by atoms with E-state index in [-0.39, 0.29) is 17.9 Å². The Kier molecular flexibility index (Phi) is 7.39. The number of esters is 1. The van der Waals surface area contributed by atoms with E-state index in [0.717, 1.165) is 5.56 Å². The van der Waals surface area contributed by atoms with Crippen LogP contribution in [0.25, 0.3) is 0 Å². The fourth-order valence-electron chi connectivity index (χ4n) is 4.06. The third-order valence-electron chi connectivity index (χ3n) is 5.69. The van der Waals surface area contributed by atoms with Gasteiger partial charge in [-0.3, -0.25) is 14.9 Å². The number of nitro groups is 1. The Morgan fingerprint density at radius 1 is 1.19 bits per heavy atom. The Labute approximate surface area is 210 Å². The zero-order valence-electron chi connectivity index (χ0n) is 19.9. The lowest BCUT2D eigenvalue weighted by atomic mass is 9.82. The van der Waals surface area contributed by atoms with Crippen LogP contribution in [0.2, 0.25) is 0 Å². The first-order valence-electron chi connectivity index (χ1n) is 11.1. The smallest absolute Gasteiger partial charge is 0.336 e. The molecule has 186 valence electrons. The Morgan fingerprint density at radius 2 is 1.92 bits per heavy atom. The van der Waals surface area contributed by atoms with Crippen LogP contribution in [0.1, 0.15) is 36.5 Å². The van der Waals surface area contributed by atoms with Crippen molar-refractivity contribution in [2.45, 2.75) is 30.7 Å². The zero-order chi connectivity index (χ0) is 25.8. The minimum absolute atomic E-state index is 0.00955. The summed E-state index contributed by atoms with van der Waals surface area (Å²) in [6.45, 7) is 3.65. The van der Waals surface area contributed by atoms with E-state index in [1.54, 1.807) is 32.0 Å². The van der Waals surface area contributed by atoms with Crippen molar-refractivity contribution >= 4 is 29.2 Å². The maximum absolute atomic E-state index is 13.4. The summed E-state index contributed by atoms with van der Waals surface area (Å²) < 4.78 is 10.8. The molecule has 2 heterocycles. The minimum atomic E-state index is -0.749. The van der Waals surface area contributed by atoms with Gasteiger partial charge in [0.1, 0.15) is 11.6 Å². The number of nitrogens with one attached hydrogen (secondary N) is 2. The van der Waals surface area contributed by atoms with Crippen molar-refractivity contribution < 1.29 is 19.2 Å². The number of carbonyl (C=O) groups is 1. The van der Waals surface area contributed by atoms with E-state index in [2.05, 4.69) is 15.3 Å². The van der Waals surface area contributed by atoms with Crippen LogP contribution >= 0.6 is 11.8 Å². The second kappa shape index (κ2) is 10.6. The third kappa shape index (κ3) is 4.96. The lowest BCUT2D eigenvalue weighted by Gasteiger charge is -2.29. The van der Waals surface area contributed by atoms with Gasteiger partial charge in [0.15, 0.2) is 5.16 Å². The summed E-state index contributed by atoms with van der Waals surface area (Å²) in [6.07, 6.45) is 0.